The molecule has 0 heterocycles. The molecule has 0 atom stereocenters. The zero-order valence-corrected chi connectivity index (χ0v) is 18.8. The van der Waals surface area contributed by atoms with E-state index in [2.05, 4.69) is 31.9 Å². The molecule has 7 nitrogen and oxygen atoms in total. The van der Waals surface area contributed by atoms with Crippen molar-refractivity contribution in [2.45, 2.75) is 39.2 Å². The van der Waals surface area contributed by atoms with E-state index in [9.17, 15) is 14.4 Å². The quantitative estimate of drug-likeness (QED) is 0.549. The molecule has 0 aliphatic rings. The lowest BCUT2D eigenvalue weighted by molar-refractivity contribution is -0.116. The van der Waals surface area contributed by atoms with Gasteiger partial charge in [0.15, 0.2) is 0 Å². The van der Waals surface area contributed by atoms with E-state index in [0.717, 1.165) is 10.0 Å². The van der Waals surface area contributed by atoms with E-state index in [1.54, 1.807) is 45.0 Å². The minimum atomic E-state index is -0.674. The van der Waals surface area contributed by atoms with Crippen LogP contribution in [0.1, 0.15) is 32.8 Å². The van der Waals surface area contributed by atoms with Gasteiger partial charge in [0, 0.05) is 10.9 Å². The highest BCUT2D eigenvalue weighted by Crippen LogP contribution is 2.21. The fraction of sp³-hybridized carbons (Fsp3) is 0.318. The molecule has 30 heavy (non-hydrogen) atoms. The Morgan fingerprint density at radius 2 is 1.47 bits per heavy atom. The van der Waals surface area contributed by atoms with Crippen LogP contribution >= 0.6 is 15.9 Å². The Morgan fingerprint density at radius 1 is 0.900 bits per heavy atom. The zero-order chi connectivity index (χ0) is 22.1. The third-order valence-corrected chi connectivity index (χ3v) is 4.35. The van der Waals surface area contributed by atoms with E-state index < -0.39 is 17.6 Å². The standard InChI is InChI=1S/C22H26BrN3O4/c1-22(2,3)30-21(29)24-14-20(28)26-18-7-5-4-6-17(18)25-19(27)13-10-15-8-11-16(23)12-9-15/h4-9,11-12H,10,13-14H2,1-3H3,(H,24,29)(H,25,27)(H,26,28). The molecule has 160 valence electrons. The lowest BCUT2D eigenvalue weighted by Gasteiger charge is -2.19. The summed E-state index contributed by atoms with van der Waals surface area (Å²) in [4.78, 5) is 36.2. The number of amides is 3. The van der Waals surface area contributed by atoms with Crippen molar-refractivity contribution in [1.29, 1.82) is 0 Å². The van der Waals surface area contributed by atoms with Crippen LogP contribution in [-0.2, 0) is 20.7 Å². The Hall–Kier alpha value is -2.87. The molecule has 2 rings (SSSR count). The highest BCUT2D eigenvalue weighted by molar-refractivity contribution is 9.10. The molecule has 0 aliphatic heterocycles. The molecule has 3 N–H and O–H groups in total. The van der Waals surface area contributed by atoms with Crippen molar-refractivity contribution in [2.24, 2.45) is 0 Å². The second kappa shape index (κ2) is 10.8. The molecule has 3 amide bonds. The third kappa shape index (κ3) is 8.65. The lowest BCUT2D eigenvalue weighted by atomic mass is 10.1. The van der Waals surface area contributed by atoms with Gasteiger partial charge in [-0.1, -0.05) is 40.2 Å². The van der Waals surface area contributed by atoms with Crippen molar-refractivity contribution in [3.63, 3.8) is 0 Å². The van der Waals surface area contributed by atoms with Gasteiger partial charge in [-0.2, -0.15) is 0 Å². The summed E-state index contributed by atoms with van der Waals surface area (Å²) < 4.78 is 6.08. The maximum absolute atomic E-state index is 12.3. The minimum absolute atomic E-state index is 0.161. The molecule has 0 unspecified atom stereocenters. The number of carbonyl (C=O) groups excluding carboxylic acids is 3. The number of benzene rings is 2. The number of hydrogen-bond acceptors (Lipinski definition) is 4. The maximum Gasteiger partial charge on any atom is 0.408 e. The molecule has 0 saturated carbocycles. The van der Waals surface area contributed by atoms with Crippen molar-refractivity contribution < 1.29 is 19.1 Å². The van der Waals surface area contributed by atoms with Crippen molar-refractivity contribution in [1.82, 2.24) is 5.32 Å². The Balaban J connectivity index is 1.87. The first-order chi connectivity index (χ1) is 14.1. The van der Waals surface area contributed by atoms with E-state index >= 15 is 0 Å². The van der Waals surface area contributed by atoms with Crippen LogP contribution in [0.15, 0.2) is 53.0 Å². The number of aryl methyl sites for hydroxylation is 1. The zero-order valence-electron chi connectivity index (χ0n) is 17.3. The molecule has 8 heteroatoms. The summed E-state index contributed by atoms with van der Waals surface area (Å²) >= 11 is 3.38. The van der Waals surface area contributed by atoms with Gasteiger partial charge in [0.2, 0.25) is 11.8 Å². The number of nitrogens with one attached hydrogen (secondary N) is 3. The van der Waals surface area contributed by atoms with Gasteiger partial charge in [-0.3, -0.25) is 9.59 Å². The summed E-state index contributed by atoms with van der Waals surface area (Å²) in [7, 11) is 0. The Morgan fingerprint density at radius 3 is 2.03 bits per heavy atom. The first-order valence-corrected chi connectivity index (χ1v) is 10.3. The second-order valence-electron chi connectivity index (χ2n) is 7.62. The molecular formula is C22H26BrN3O4. The fourth-order valence-corrected chi connectivity index (χ4v) is 2.75. The van der Waals surface area contributed by atoms with Gasteiger partial charge in [-0.15, -0.1) is 0 Å². The largest absolute Gasteiger partial charge is 0.444 e. The Kier molecular flexibility index (Phi) is 8.41. The summed E-state index contributed by atoms with van der Waals surface area (Å²) in [6.45, 7) is 4.97. The summed E-state index contributed by atoms with van der Waals surface area (Å²) in [6, 6.07) is 14.7. The van der Waals surface area contributed by atoms with E-state index in [4.69, 9.17) is 4.74 Å². The number of alkyl carbamates (subject to hydrolysis) is 1. The van der Waals surface area contributed by atoms with E-state index in [1.807, 2.05) is 24.3 Å². The molecule has 2 aromatic rings. The topological polar surface area (TPSA) is 96.5 Å². The van der Waals surface area contributed by atoms with Gasteiger partial charge in [0.25, 0.3) is 0 Å². The lowest BCUT2D eigenvalue weighted by Crippen LogP contribution is -2.37. The van der Waals surface area contributed by atoms with E-state index in [1.165, 1.54) is 0 Å². The number of hydrogen-bond donors (Lipinski definition) is 3. The van der Waals surface area contributed by atoms with Gasteiger partial charge in [0.1, 0.15) is 12.1 Å². The third-order valence-electron chi connectivity index (χ3n) is 3.82. The molecule has 0 spiro atoms. The van der Waals surface area contributed by atoms with Crippen LogP contribution in [0, 0.1) is 0 Å². The molecule has 0 fully saturated rings. The van der Waals surface area contributed by atoms with Crippen LogP contribution in [0.5, 0.6) is 0 Å². The van der Waals surface area contributed by atoms with Gasteiger partial charge >= 0.3 is 6.09 Å². The van der Waals surface area contributed by atoms with Crippen molar-refractivity contribution in [3.05, 3.63) is 58.6 Å². The van der Waals surface area contributed by atoms with Crippen LogP contribution in [0.3, 0.4) is 0 Å². The molecule has 0 saturated heterocycles. The predicted molar refractivity (Wildman–Crippen MR) is 120 cm³/mol. The Bertz CT molecular complexity index is 892. The van der Waals surface area contributed by atoms with E-state index in [-0.39, 0.29) is 12.5 Å². The molecule has 2 aromatic carbocycles. The molecule has 0 aliphatic carbocycles. The SMILES string of the molecule is CC(C)(C)OC(=O)NCC(=O)Nc1ccccc1NC(=O)CCc1ccc(Br)cc1. The van der Waals surface area contributed by atoms with Gasteiger partial charge < -0.3 is 20.7 Å². The average Bonchev–Trinajstić information content (AvgIpc) is 2.66. The van der Waals surface area contributed by atoms with Crippen LogP contribution < -0.4 is 16.0 Å². The first-order valence-electron chi connectivity index (χ1n) is 9.52. The number of rotatable bonds is 7. The molecule has 0 radical (unpaired) electrons. The predicted octanol–water partition coefficient (Wildman–Crippen LogP) is 4.48. The smallest absolute Gasteiger partial charge is 0.408 e. The number of halogens is 1. The van der Waals surface area contributed by atoms with Crippen molar-refractivity contribution >= 4 is 45.2 Å². The summed E-state index contributed by atoms with van der Waals surface area (Å²) in [5, 5.41) is 7.90. The number of anilines is 2. The average molecular weight is 476 g/mol. The van der Waals surface area contributed by atoms with E-state index in [0.29, 0.717) is 24.2 Å². The number of carbonyl (C=O) groups is 3. The first kappa shape index (κ1) is 23.4. The maximum atomic E-state index is 12.3. The summed E-state index contributed by atoms with van der Waals surface area (Å²) in [6.07, 6.45) is 0.240. The monoisotopic (exact) mass is 475 g/mol. The minimum Gasteiger partial charge on any atom is -0.444 e. The van der Waals surface area contributed by atoms with Crippen LogP contribution in [-0.4, -0.2) is 30.1 Å². The highest BCUT2D eigenvalue weighted by atomic mass is 79.9. The molecular weight excluding hydrogens is 450 g/mol. The molecule has 0 bridgehead atoms. The number of ether oxygens (including phenoxy) is 1. The highest BCUT2D eigenvalue weighted by Gasteiger charge is 2.17. The van der Waals surface area contributed by atoms with Gasteiger partial charge in [-0.05, 0) is 57.0 Å². The van der Waals surface area contributed by atoms with Crippen LogP contribution in [0.2, 0.25) is 0 Å². The summed E-state index contributed by atoms with van der Waals surface area (Å²) in [5.74, 6) is -0.594. The van der Waals surface area contributed by atoms with Gasteiger partial charge in [-0.25, -0.2) is 4.79 Å². The normalized spacial score (nSPS) is 10.8. The number of para-hydroxylation sites is 2. The Labute approximate surface area is 184 Å². The van der Waals surface area contributed by atoms with Crippen LogP contribution in [0.4, 0.5) is 16.2 Å². The van der Waals surface area contributed by atoms with Crippen molar-refractivity contribution in [3.8, 4) is 0 Å². The second-order valence-corrected chi connectivity index (χ2v) is 8.54. The van der Waals surface area contributed by atoms with Crippen molar-refractivity contribution in [2.75, 3.05) is 17.2 Å². The van der Waals surface area contributed by atoms with Crippen LogP contribution in [0.25, 0.3) is 0 Å². The molecule has 0 aromatic heterocycles. The van der Waals surface area contributed by atoms with Gasteiger partial charge in [0.05, 0.1) is 11.4 Å². The summed E-state index contributed by atoms with van der Waals surface area (Å²) in [5.41, 5.74) is 1.35. The fourth-order valence-electron chi connectivity index (χ4n) is 2.48.